The van der Waals surface area contributed by atoms with Gasteiger partial charge in [-0.2, -0.15) is 0 Å². The van der Waals surface area contributed by atoms with Crippen molar-refractivity contribution in [2.24, 2.45) is 0 Å². The summed E-state index contributed by atoms with van der Waals surface area (Å²) in [5.41, 5.74) is 1.32. The molecule has 0 aromatic carbocycles. The molecular formula is C12H15N3OS. The van der Waals surface area contributed by atoms with Gasteiger partial charge in [0.05, 0.1) is 5.01 Å². The van der Waals surface area contributed by atoms with Crippen molar-refractivity contribution < 1.29 is 0 Å². The molecule has 17 heavy (non-hydrogen) atoms. The Labute approximate surface area is 104 Å². The number of nitrogens with zero attached hydrogens (tertiary/aromatic N) is 2. The molecule has 4 nitrogen and oxygen atoms in total. The summed E-state index contributed by atoms with van der Waals surface area (Å²) in [7, 11) is 0. The van der Waals surface area contributed by atoms with E-state index < -0.39 is 0 Å². The summed E-state index contributed by atoms with van der Waals surface area (Å²) in [5, 5.41) is 2.97. The highest BCUT2D eigenvalue weighted by molar-refractivity contribution is 7.10. The van der Waals surface area contributed by atoms with E-state index in [1.807, 2.05) is 5.38 Å². The molecule has 0 saturated heterocycles. The Morgan fingerprint density at radius 2 is 2.00 bits per heavy atom. The van der Waals surface area contributed by atoms with E-state index >= 15 is 0 Å². The molecule has 2 aromatic heterocycles. The van der Waals surface area contributed by atoms with E-state index in [2.05, 4.69) is 35.7 Å². The molecule has 0 aliphatic heterocycles. The first-order valence-corrected chi connectivity index (χ1v) is 6.28. The summed E-state index contributed by atoms with van der Waals surface area (Å²) in [6.45, 7) is 8.14. The molecule has 2 rings (SSSR count). The Hall–Kier alpha value is -1.49. The maximum atomic E-state index is 11.4. The molecule has 0 aliphatic rings. The fraction of sp³-hybridized carbons (Fsp3) is 0.417. The third-order valence-corrected chi connectivity index (χ3v) is 3.53. The van der Waals surface area contributed by atoms with Crippen molar-refractivity contribution in [3.8, 4) is 11.5 Å². The number of thiazole rings is 1. The van der Waals surface area contributed by atoms with Crippen LogP contribution in [0.3, 0.4) is 0 Å². The number of aromatic nitrogens is 3. The molecule has 0 amide bonds. The van der Waals surface area contributed by atoms with E-state index in [9.17, 15) is 4.79 Å². The zero-order valence-electron chi connectivity index (χ0n) is 10.4. The summed E-state index contributed by atoms with van der Waals surface area (Å²) in [6, 6.07) is 1.47. The maximum absolute atomic E-state index is 11.4. The second kappa shape index (κ2) is 4.07. The molecule has 0 bridgehead atoms. The molecule has 1 N–H and O–H groups in total. The van der Waals surface area contributed by atoms with Crippen molar-refractivity contribution in [3.05, 3.63) is 32.5 Å². The minimum atomic E-state index is -0.141. The lowest BCUT2D eigenvalue weighted by Gasteiger charge is -2.13. The van der Waals surface area contributed by atoms with Gasteiger partial charge in [0.25, 0.3) is 5.56 Å². The summed E-state index contributed by atoms with van der Waals surface area (Å²) in [4.78, 5) is 22.9. The van der Waals surface area contributed by atoms with Gasteiger partial charge >= 0.3 is 0 Å². The van der Waals surface area contributed by atoms with Crippen LogP contribution in [0.2, 0.25) is 0 Å². The maximum Gasteiger partial charge on any atom is 0.251 e. The minimum absolute atomic E-state index is 0.0209. The van der Waals surface area contributed by atoms with Gasteiger partial charge in [0, 0.05) is 22.6 Å². The monoisotopic (exact) mass is 249 g/mol. The molecule has 2 aromatic rings. The van der Waals surface area contributed by atoms with Crippen LogP contribution in [0.1, 0.15) is 31.5 Å². The Kier molecular flexibility index (Phi) is 2.87. The molecule has 90 valence electrons. The largest absolute Gasteiger partial charge is 0.305 e. The lowest BCUT2D eigenvalue weighted by atomic mass is 9.98. The number of rotatable bonds is 1. The average Bonchev–Trinajstić information content (AvgIpc) is 2.63. The van der Waals surface area contributed by atoms with Gasteiger partial charge in [0.2, 0.25) is 0 Å². The molecule has 0 atom stereocenters. The van der Waals surface area contributed by atoms with E-state index in [-0.39, 0.29) is 11.0 Å². The standard InChI is InChI=1S/C12H15N3OS/c1-7-5-9(16)15-10(13-7)8-6-17-11(14-8)12(2,3)4/h5-6H,1-4H3,(H,13,15,16). The van der Waals surface area contributed by atoms with Crippen LogP contribution in [0.4, 0.5) is 0 Å². The Balaban J connectivity index is 2.47. The molecule has 2 heterocycles. The lowest BCUT2D eigenvalue weighted by molar-refractivity contribution is 0.586. The smallest absolute Gasteiger partial charge is 0.251 e. The van der Waals surface area contributed by atoms with Crippen LogP contribution < -0.4 is 5.56 Å². The summed E-state index contributed by atoms with van der Waals surface area (Å²) >= 11 is 1.59. The van der Waals surface area contributed by atoms with Crippen molar-refractivity contribution in [2.45, 2.75) is 33.1 Å². The van der Waals surface area contributed by atoms with Gasteiger partial charge in [-0.3, -0.25) is 4.79 Å². The number of aryl methyl sites for hydroxylation is 1. The van der Waals surface area contributed by atoms with Gasteiger partial charge in [-0.15, -0.1) is 11.3 Å². The highest BCUT2D eigenvalue weighted by atomic mass is 32.1. The highest BCUT2D eigenvalue weighted by Gasteiger charge is 2.19. The van der Waals surface area contributed by atoms with Crippen LogP contribution in [0.25, 0.3) is 11.5 Å². The highest BCUT2D eigenvalue weighted by Crippen LogP contribution is 2.28. The molecule has 0 aliphatic carbocycles. The topological polar surface area (TPSA) is 58.6 Å². The van der Waals surface area contributed by atoms with Crippen LogP contribution in [-0.4, -0.2) is 15.0 Å². The quantitative estimate of drug-likeness (QED) is 0.844. The molecule has 0 fully saturated rings. The van der Waals surface area contributed by atoms with Crippen molar-refractivity contribution in [3.63, 3.8) is 0 Å². The van der Waals surface area contributed by atoms with Gasteiger partial charge in [-0.05, 0) is 6.92 Å². The molecule has 0 radical (unpaired) electrons. The zero-order valence-corrected chi connectivity index (χ0v) is 11.2. The third kappa shape index (κ3) is 2.61. The molecule has 0 unspecified atom stereocenters. The van der Waals surface area contributed by atoms with Crippen molar-refractivity contribution in [1.82, 2.24) is 15.0 Å². The molecule has 0 saturated carbocycles. The number of aromatic amines is 1. The van der Waals surface area contributed by atoms with E-state index in [1.165, 1.54) is 6.07 Å². The average molecular weight is 249 g/mol. The van der Waals surface area contributed by atoms with E-state index in [0.717, 1.165) is 10.7 Å². The van der Waals surface area contributed by atoms with Gasteiger partial charge in [-0.1, -0.05) is 20.8 Å². The Bertz CT molecular complexity index is 592. The van der Waals surface area contributed by atoms with E-state index in [4.69, 9.17) is 0 Å². The minimum Gasteiger partial charge on any atom is -0.305 e. The summed E-state index contributed by atoms with van der Waals surface area (Å²) < 4.78 is 0. The number of hydrogen-bond acceptors (Lipinski definition) is 4. The third-order valence-electron chi connectivity index (χ3n) is 2.26. The van der Waals surface area contributed by atoms with E-state index in [0.29, 0.717) is 11.5 Å². The first-order chi connectivity index (χ1) is 7.86. The van der Waals surface area contributed by atoms with E-state index in [1.54, 1.807) is 18.3 Å². The fourth-order valence-electron chi connectivity index (χ4n) is 1.43. The van der Waals surface area contributed by atoms with Gasteiger partial charge in [0.15, 0.2) is 5.82 Å². The zero-order chi connectivity index (χ0) is 12.6. The van der Waals surface area contributed by atoms with Crippen LogP contribution in [0.15, 0.2) is 16.2 Å². The van der Waals surface area contributed by atoms with Crippen LogP contribution >= 0.6 is 11.3 Å². The fourth-order valence-corrected chi connectivity index (χ4v) is 2.32. The second-order valence-corrected chi connectivity index (χ2v) is 5.88. The lowest BCUT2D eigenvalue weighted by Crippen LogP contribution is -2.11. The Morgan fingerprint density at radius 1 is 1.29 bits per heavy atom. The summed E-state index contributed by atoms with van der Waals surface area (Å²) in [6.07, 6.45) is 0. The predicted molar refractivity (Wildman–Crippen MR) is 69.4 cm³/mol. The van der Waals surface area contributed by atoms with Gasteiger partial charge in [0.1, 0.15) is 5.69 Å². The number of hydrogen-bond donors (Lipinski definition) is 1. The predicted octanol–water partition coefficient (Wildman–Crippen LogP) is 2.50. The van der Waals surface area contributed by atoms with Gasteiger partial charge < -0.3 is 4.98 Å². The Morgan fingerprint density at radius 3 is 2.53 bits per heavy atom. The second-order valence-electron chi connectivity index (χ2n) is 5.02. The van der Waals surface area contributed by atoms with Gasteiger partial charge in [-0.25, -0.2) is 9.97 Å². The van der Waals surface area contributed by atoms with Crippen LogP contribution in [0, 0.1) is 6.92 Å². The van der Waals surface area contributed by atoms with Crippen LogP contribution in [0.5, 0.6) is 0 Å². The first kappa shape index (κ1) is 12.0. The first-order valence-electron chi connectivity index (χ1n) is 5.40. The number of nitrogens with one attached hydrogen (secondary N) is 1. The SMILES string of the molecule is Cc1cc(=O)[nH]c(-c2csc(C(C)(C)C)n2)n1. The molecule has 5 heteroatoms. The molecular weight excluding hydrogens is 234 g/mol. The normalized spacial score (nSPS) is 11.8. The van der Waals surface area contributed by atoms with Crippen molar-refractivity contribution >= 4 is 11.3 Å². The van der Waals surface area contributed by atoms with Crippen molar-refractivity contribution in [2.75, 3.05) is 0 Å². The number of H-pyrrole nitrogens is 1. The van der Waals surface area contributed by atoms with Crippen LogP contribution in [-0.2, 0) is 5.41 Å². The molecule has 0 spiro atoms. The summed E-state index contributed by atoms with van der Waals surface area (Å²) in [5.74, 6) is 0.543. The van der Waals surface area contributed by atoms with Crippen molar-refractivity contribution in [1.29, 1.82) is 0 Å².